The summed E-state index contributed by atoms with van der Waals surface area (Å²) < 4.78 is 0. The molecule has 1 aliphatic rings. The maximum absolute atomic E-state index is 12.2. The minimum atomic E-state index is -0.476. The van der Waals surface area contributed by atoms with E-state index in [0.29, 0.717) is 31.7 Å². The van der Waals surface area contributed by atoms with Gasteiger partial charge in [0.2, 0.25) is 5.91 Å². The van der Waals surface area contributed by atoms with Gasteiger partial charge in [-0.25, -0.2) is 0 Å². The Morgan fingerprint density at radius 1 is 1.05 bits per heavy atom. The molecule has 1 aliphatic heterocycles. The number of carbonyl (C=O) groups is 2. The van der Waals surface area contributed by atoms with Gasteiger partial charge < -0.3 is 15.5 Å². The largest absolute Gasteiger partial charge is 0.338 e. The van der Waals surface area contributed by atoms with Crippen LogP contribution in [-0.4, -0.2) is 53.8 Å². The van der Waals surface area contributed by atoms with E-state index in [9.17, 15) is 9.59 Å². The summed E-state index contributed by atoms with van der Waals surface area (Å²) in [4.78, 5) is 27.4. The summed E-state index contributed by atoms with van der Waals surface area (Å²) in [5.41, 5.74) is 6.27. The molecule has 0 radical (unpaired) electrons. The summed E-state index contributed by atoms with van der Waals surface area (Å²) in [5, 5.41) is 0. The van der Waals surface area contributed by atoms with E-state index in [-0.39, 0.29) is 11.8 Å². The van der Waals surface area contributed by atoms with E-state index in [2.05, 4.69) is 0 Å². The molecule has 5 heteroatoms. The van der Waals surface area contributed by atoms with Crippen LogP contribution in [-0.2, 0) is 4.79 Å². The minimum absolute atomic E-state index is 0.0218. The van der Waals surface area contributed by atoms with E-state index in [1.807, 2.05) is 30.3 Å². The van der Waals surface area contributed by atoms with Crippen molar-refractivity contribution >= 4 is 11.8 Å². The number of nitrogens with two attached hydrogens (primary N) is 1. The molecule has 1 atom stereocenters. The Kier molecular flexibility index (Phi) is 4.16. The molecule has 0 saturated carbocycles. The van der Waals surface area contributed by atoms with Gasteiger partial charge in [-0.1, -0.05) is 18.2 Å². The first-order valence-corrected chi connectivity index (χ1v) is 6.48. The molecule has 1 aromatic carbocycles. The molecule has 2 N–H and O–H groups in total. The summed E-state index contributed by atoms with van der Waals surface area (Å²) in [6.45, 7) is 3.92. The van der Waals surface area contributed by atoms with Crippen LogP contribution in [0.15, 0.2) is 30.3 Å². The van der Waals surface area contributed by atoms with E-state index in [1.165, 1.54) is 0 Å². The fourth-order valence-electron chi connectivity index (χ4n) is 2.18. The first-order chi connectivity index (χ1) is 9.09. The van der Waals surface area contributed by atoms with Gasteiger partial charge >= 0.3 is 0 Å². The number of benzene rings is 1. The molecule has 0 aromatic heterocycles. The van der Waals surface area contributed by atoms with Crippen LogP contribution in [0.3, 0.4) is 0 Å². The molecule has 0 aliphatic carbocycles. The van der Waals surface area contributed by atoms with Crippen LogP contribution in [0.1, 0.15) is 17.3 Å². The summed E-state index contributed by atoms with van der Waals surface area (Å²) >= 11 is 0. The molecule has 0 bridgehead atoms. The van der Waals surface area contributed by atoms with E-state index < -0.39 is 6.04 Å². The van der Waals surface area contributed by atoms with E-state index in [0.717, 1.165) is 0 Å². The van der Waals surface area contributed by atoms with Gasteiger partial charge in [-0.2, -0.15) is 0 Å². The third kappa shape index (κ3) is 3.12. The average Bonchev–Trinajstić information content (AvgIpc) is 2.46. The smallest absolute Gasteiger partial charge is 0.253 e. The third-order valence-corrected chi connectivity index (χ3v) is 3.29. The predicted molar refractivity (Wildman–Crippen MR) is 72.6 cm³/mol. The summed E-state index contributed by atoms with van der Waals surface area (Å²) in [5.74, 6) is -0.0275. The van der Waals surface area contributed by atoms with E-state index >= 15 is 0 Å². The van der Waals surface area contributed by atoms with Crippen molar-refractivity contribution < 1.29 is 9.59 Å². The van der Waals surface area contributed by atoms with Crippen molar-refractivity contribution in [2.24, 2.45) is 5.73 Å². The highest BCUT2D eigenvalue weighted by Crippen LogP contribution is 2.09. The zero-order valence-corrected chi connectivity index (χ0v) is 11.1. The van der Waals surface area contributed by atoms with E-state index in [4.69, 9.17) is 5.73 Å². The Balaban J connectivity index is 1.94. The zero-order valence-electron chi connectivity index (χ0n) is 11.1. The van der Waals surface area contributed by atoms with Gasteiger partial charge in [0.15, 0.2) is 0 Å². The number of amides is 2. The molecule has 1 heterocycles. The van der Waals surface area contributed by atoms with Crippen molar-refractivity contribution in [3.05, 3.63) is 35.9 Å². The molecule has 19 heavy (non-hydrogen) atoms. The van der Waals surface area contributed by atoms with Crippen molar-refractivity contribution in [1.82, 2.24) is 9.80 Å². The second-order valence-electron chi connectivity index (χ2n) is 4.77. The normalized spacial score (nSPS) is 17.2. The number of piperazine rings is 1. The summed E-state index contributed by atoms with van der Waals surface area (Å²) in [6, 6.07) is 8.72. The molecule has 1 fully saturated rings. The topological polar surface area (TPSA) is 66.6 Å². The lowest BCUT2D eigenvalue weighted by molar-refractivity contribution is -0.133. The SMILES string of the molecule is C[C@@H](N)C(=O)N1CCN(C(=O)c2ccccc2)CC1. The Labute approximate surface area is 113 Å². The van der Waals surface area contributed by atoms with Crippen LogP contribution in [0.25, 0.3) is 0 Å². The Morgan fingerprint density at radius 2 is 1.58 bits per heavy atom. The van der Waals surface area contributed by atoms with Crippen LogP contribution in [0, 0.1) is 0 Å². The molecule has 1 saturated heterocycles. The standard InChI is InChI=1S/C14H19N3O2/c1-11(15)13(18)16-7-9-17(10-8-16)14(19)12-5-3-2-4-6-12/h2-6,11H,7-10,15H2,1H3/t11-/m1/s1. The zero-order chi connectivity index (χ0) is 13.8. The van der Waals surface area contributed by atoms with Crippen molar-refractivity contribution in [2.75, 3.05) is 26.2 Å². The van der Waals surface area contributed by atoms with E-state index in [1.54, 1.807) is 16.7 Å². The van der Waals surface area contributed by atoms with Crippen LogP contribution in [0.5, 0.6) is 0 Å². The highest BCUT2D eigenvalue weighted by Gasteiger charge is 2.25. The van der Waals surface area contributed by atoms with Gasteiger partial charge in [0.25, 0.3) is 5.91 Å². The Hall–Kier alpha value is -1.88. The average molecular weight is 261 g/mol. The minimum Gasteiger partial charge on any atom is -0.338 e. The van der Waals surface area contributed by atoms with Crippen LogP contribution >= 0.6 is 0 Å². The first kappa shape index (κ1) is 13.5. The lowest BCUT2D eigenvalue weighted by Gasteiger charge is -2.35. The number of nitrogens with zero attached hydrogens (tertiary/aromatic N) is 2. The van der Waals surface area contributed by atoms with Gasteiger partial charge in [0.05, 0.1) is 6.04 Å². The van der Waals surface area contributed by atoms with Gasteiger partial charge in [0.1, 0.15) is 0 Å². The molecular weight excluding hydrogens is 242 g/mol. The maximum Gasteiger partial charge on any atom is 0.253 e. The van der Waals surface area contributed by atoms with Gasteiger partial charge in [-0.3, -0.25) is 9.59 Å². The van der Waals surface area contributed by atoms with Crippen LogP contribution in [0.4, 0.5) is 0 Å². The quantitative estimate of drug-likeness (QED) is 0.833. The first-order valence-electron chi connectivity index (χ1n) is 6.48. The number of hydrogen-bond acceptors (Lipinski definition) is 3. The second-order valence-corrected chi connectivity index (χ2v) is 4.77. The second kappa shape index (κ2) is 5.84. The molecule has 5 nitrogen and oxygen atoms in total. The fraction of sp³-hybridized carbons (Fsp3) is 0.429. The van der Waals surface area contributed by atoms with Gasteiger partial charge in [-0.15, -0.1) is 0 Å². The maximum atomic E-state index is 12.2. The molecule has 102 valence electrons. The van der Waals surface area contributed by atoms with Gasteiger partial charge in [0, 0.05) is 31.7 Å². The predicted octanol–water partition coefficient (Wildman–Crippen LogP) is 0.318. The molecule has 0 spiro atoms. The molecule has 1 aromatic rings. The highest BCUT2D eigenvalue weighted by atomic mass is 16.2. The van der Waals surface area contributed by atoms with Crippen molar-refractivity contribution in [3.8, 4) is 0 Å². The summed E-state index contributed by atoms with van der Waals surface area (Å²) in [6.07, 6.45) is 0. The Bertz CT molecular complexity index is 451. The van der Waals surface area contributed by atoms with Crippen molar-refractivity contribution in [2.45, 2.75) is 13.0 Å². The van der Waals surface area contributed by atoms with Crippen LogP contribution in [0.2, 0.25) is 0 Å². The molecular formula is C14H19N3O2. The number of carbonyl (C=O) groups excluding carboxylic acids is 2. The molecule has 2 rings (SSSR count). The monoisotopic (exact) mass is 261 g/mol. The lowest BCUT2D eigenvalue weighted by Crippen LogP contribution is -2.53. The number of rotatable bonds is 2. The van der Waals surface area contributed by atoms with Crippen molar-refractivity contribution in [1.29, 1.82) is 0 Å². The highest BCUT2D eigenvalue weighted by molar-refractivity contribution is 5.94. The Morgan fingerprint density at radius 3 is 2.11 bits per heavy atom. The molecule has 2 amide bonds. The lowest BCUT2D eigenvalue weighted by atomic mass is 10.1. The summed E-state index contributed by atoms with van der Waals surface area (Å²) in [7, 11) is 0. The van der Waals surface area contributed by atoms with Gasteiger partial charge in [-0.05, 0) is 19.1 Å². The third-order valence-electron chi connectivity index (χ3n) is 3.29. The molecule has 0 unspecified atom stereocenters. The number of hydrogen-bond donors (Lipinski definition) is 1. The van der Waals surface area contributed by atoms with Crippen molar-refractivity contribution in [3.63, 3.8) is 0 Å². The fourth-order valence-corrected chi connectivity index (χ4v) is 2.18. The van der Waals surface area contributed by atoms with Crippen LogP contribution < -0.4 is 5.73 Å².